The second kappa shape index (κ2) is 3.94. The number of hydrogen-bond acceptors (Lipinski definition) is 3. The molecule has 13 heavy (non-hydrogen) atoms. The van der Waals surface area contributed by atoms with Crippen molar-refractivity contribution >= 4 is 23.4 Å². The average molecular weight is 268 g/mol. The van der Waals surface area contributed by atoms with Crippen molar-refractivity contribution in [3.63, 3.8) is 0 Å². The van der Waals surface area contributed by atoms with E-state index in [1.807, 2.05) is 18.5 Å². The van der Waals surface area contributed by atoms with Gasteiger partial charge in [-0.2, -0.15) is 0 Å². The normalized spacial score (nSPS) is 10.0. The topological polar surface area (TPSA) is 46.5 Å². The van der Waals surface area contributed by atoms with Crippen molar-refractivity contribution in [3.05, 3.63) is 16.8 Å². The van der Waals surface area contributed by atoms with Crippen molar-refractivity contribution in [2.24, 2.45) is 7.05 Å². The van der Waals surface area contributed by atoms with E-state index in [1.54, 1.807) is 0 Å². The van der Waals surface area contributed by atoms with Gasteiger partial charge in [-0.1, -0.05) is 0 Å². The maximum atomic E-state index is 5.02. The fraction of sp³-hybridized carbons (Fsp3) is 0.286. The smallest absolute Gasteiger partial charge is 0.0937 e. The molecule has 0 bridgehead atoms. The SMILES string of the molecule is Cc1nc2c(=S)[nH][c-]nc2n1C.[Y]. The van der Waals surface area contributed by atoms with Gasteiger partial charge in [0, 0.05) is 61.9 Å². The van der Waals surface area contributed by atoms with Gasteiger partial charge in [0.05, 0.1) is 5.82 Å². The summed E-state index contributed by atoms with van der Waals surface area (Å²) in [5.74, 6) is 0.900. The van der Waals surface area contributed by atoms with Crippen LogP contribution in [0.1, 0.15) is 5.82 Å². The van der Waals surface area contributed by atoms with Gasteiger partial charge in [0.2, 0.25) is 0 Å². The van der Waals surface area contributed by atoms with Gasteiger partial charge in [0.25, 0.3) is 0 Å². The first-order valence-corrected chi connectivity index (χ1v) is 3.90. The Hall–Kier alpha value is -0.126. The van der Waals surface area contributed by atoms with Gasteiger partial charge in [-0.05, 0) is 6.92 Å². The van der Waals surface area contributed by atoms with Crippen LogP contribution in [0.2, 0.25) is 0 Å². The first kappa shape index (κ1) is 11.0. The van der Waals surface area contributed by atoms with E-state index >= 15 is 0 Å². The Morgan fingerprint density at radius 2 is 2.23 bits per heavy atom. The third-order valence-corrected chi connectivity index (χ3v) is 2.13. The minimum absolute atomic E-state index is 0. The fourth-order valence-electron chi connectivity index (χ4n) is 1.07. The van der Waals surface area contributed by atoms with Crippen LogP contribution in [0.5, 0.6) is 0 Å². The third-order valence-electron chi connectivity index (χ3n) is 1.83. The number of imidazole rings is 1. The van der Waals surface area contributed by atoms with E-state index in [1.165, 1.54) is 0 Å². The van der Waals surface area contributed by atoms with Gasteiger partial charge in [0.15, 0.2) is 0 Å². The summed E-state index contributed by atoms with van der Waals surface area (Å²) in [6.07, 6.45) is 2.62. The number of fused-ring (bicyclic) bond motifs is 1. The summed E-state index contributed by atoms with van der Waals surface area (Å²) in [6.45, 7) is 1.91. The summed E-state index contributed by atoms with van der Waals surface area (Å²) >= 11 is 5.02. The van der Waals surface area contributed by atoms with Gasteiger partial charge >= 0.3 is 0 Å². The predicted molar refractivity (Wildman–Crippen MR) is 47.3 cm³/mol. The molecule has 0 saturated heterocycles. The molecule has 2 aromatic rings. The average Bonchev–Trinajstić information content (AvgIpc) is 2.32. The monoisotopic (exact) mass is 268 g/mol. The number of nitrogens with one attached hydrogen (secondary N) is 1. The summed E-state index contributed by atoms with van der Waals surface area (Å²) < 4.78 is 2.47. The summed E-state index contributed by atoms with van der Waals surface area (Å²) in [6, 6.07) is 0. The fourth-order valence-corrected chi connectivity index (χ4v) is 1.25. The molecule has 0 aliphatic carbocycles. The van der Waals surface area contributed by atoms with Crippen molar-refractivity contribution in [1.82, 2.24) is 19.5 Å². The molecule has 0 fully saturated rings. The van der Waals surface area contributed by atoms with Crippen molar-refractivity contribution in [3.8, 4) is 0 Å². The molecule has 4 nitrogen and oxygen atoms in total. The van der Waals surface area contributed by atoms with Crippen LogP contribution in [0.15, 0.2) is 0 Å². The second-order valence-electron chi connectivity index (χ2n) is 2.57. The van der Waals surface area contributed by atoms with E-state index in [9.17, 15) is 0 Å². The zero-order valence-electron chi connectivity index (χ0n) is 7.33. The predicted octanol–water partition coefficient (Wildman–Crippen LogP) is 1.13. The van der Waals surface area contributed by atoms with Crippen LogP contribution in [0.4, 0.5) is 0 Å². The van der Waals surface area contributed by atoms with Gasteiger partial charge < -0.3 is 14.5 Å². The molecule has 0 atom stereocenters. The van der Waals surface area contributed by atoms with E-state index in [0.29, 0.717) is 4.64 Å². The molecule has 2 rings (SSSR count). The Morgan fingerprint density at radius 1 is 1.54 bits per heavy atom. The van der Waals surface area contributed by atoms with Crippen LogP contribution in [0, 0.1) is 17.9 Å². The molecule has 0 spiro atoms. The molecule has 65 valence electrons. The molecule has 0 unspecified atom stereocenters. The maximum absolute atomic E-state index is 5.02. The van der Waals surface area contributed by atoms with Crippen LogP contribution < -0.4 is 0 Å². The largest absolute Gasteiger partial charge is 0.442 e. The molecule has 2 heterocycles. The molecule has 6 heteroatoms. The summed E-state index contributed by atoms with van der Waals surface area (Å²) in [5, 5.41) is 0. The summed E-state index contributed by atoms with van der Waals surface area (Å²) in [4.78, 5) is 11.0. The molecule has 1 radical (unpaired) electrons. The van der Waals surface area contributed by atoms with Crippen LogP contribution in [0.25, 0.3) is 11.2 Å². The molecule has 0 aliphatic rings. The van der Waals surface area contributed by atoms with E-state index in [4.69, 9.17) is 12.2 Å². The van der Waals surface area contributed by atoms with Gasteiger partial charge in [-0.3, -0.25) is 4.98 Å². The molecular formula is C7H7N4SY-. The quantitative estimate of drug-likeness (QED) is 0.575. The number of hydrogen-bond donors (Lipinski definition) is 1. The Kier molecular flexibility index (Phi) is 3.32. The maximum Gasteiger partial charge on any atom is 0.0937 e. The van der Waals surface area contributed by atoms with E-state index < -0.39 is 0 Å². The van der Waals surface area contributed by atoms with Gasteiger partial charge in [-0.25, -0.2) is 0 Å². The molecule has 0 saturated carbocycles. The van der Waals surface area contributed by atoms with Crippen molar-refractivity contribution in [1.29, 1.82) is 0 Å². The van der Waals surface area contributed by atoms with Crippen molar-refractivity contribution in [2.75, 3.05) is 0 Å². The molecule has 1 N–H and O–H groups in total. The van der Waals surface area contributed by atoms with Crippen LogP contribution in [-0.2, 0) is 39.8 Å². The number of H-pyrrole nitrogens is 1. The Morgan fingerprint density at radius 3 is 2.85 bits per heavy atom. The first-order valence-electron chi connectivity index (χ1n) is 3.49. The van der Waals surface area contributed by atoms with Crippen molar-refractivity contribution in [2.45, 2.75) is 6.92 Å². The van der Waals surface area contributed by atoms with Gasteiger partial charge in [0.1, 0.15) is 0 Å². The Bertz CT molecular complexity index is 487. The molecule has 2 aromatic heterocycles. The molecule has 0 amide bonds. The van der Waals surface area contributed by atoms with E-state index in [0.717, 1.165) is 17.0 Å². The third kappa shape index (κ3) is 1.73. The zero-order chi connectivity index (χ0) is 8.72. The molecular weight excluding hydrogens is 261 g/mol. The van der Waals surface area contributed by atoms with Crippen LogP contribution in [0.3, 0.4) is 0 Å². The Labute approximate surface area is 106 Å². The van der Waals surface area contributed by atoms with Gasteiger partial charge in [-0.15, -0.1) is 12.2 Å². The second-order valence-corrected chi connectivity index (χ2v) is 2.98. The standard InChI is InChI=1S/C7H7N4S.Y/c1-4-10-5-6(11(4)2)8-3-9-7(5)12;/h1-2H3,(H,8,9,12);/q-1;. The number of nitrogens with zero attached hydrogens (tertiary/aromatic N) is 3. The van der Waals surface area contributed by atoms with Crippen LogP contribution in [-0.4, -0.2) is 19.5 Å². The molecule has 0 aliphatic heterocycles. The van der Waals surface area contributed by atoms with Crippen molar-refractivity contribution < 1.29 is 32.7 Å². The van der Waals surface area contributed by atoms with E-state index in [-0.39, 0.29) is 32.7 Å². The molecule has 0 aromatic carbocycles. The number of aromatic amines is 1. The Balaban J connectivity index is 0.000000845. The zero-order valence-corrected chi connectivity index (χ0v) is 11.0. The first-order chi connectivity index (χ1) is 5.70. The minimum Gasteiger partial charge on any atom is -0.442 e. The minimum atomic E-state index is 0. The van der Waals surface area contributed by atoms with Crippen LogP contribution >= 0.6 is 12.2 Å². The number of aryl methyl sites for hydroxylation is 2. The number of aromatic nitrogens is 4. The summed E-state index contributed by atoms with van der Waals surface area (Å²) in [7, 11) is 1.90. The van der Waals surface area contributed by atoms with E-state index in [2.05, 4.69) is 21.3 Å². The number of rotatable bonds is 0. The summed E-state index contributed by atoms with van der Waals surface area (Å²) in [5.41, 5.74) is 1.51.